The number of rotatable bonds is 10. The van der Waals surface area contributed by atoms with Crippen LogP contribution in [0, 0.1) is 0 Å². The topological polar surface area (TPSA) is 44.8 Å². The van der Waals surface area contributed by atoms with E-state index in [0.29, 0.717) is 26.2 Å². The van der Waals surface area contributed by atoms with E-state index in [1.807, 2.05) is 6.92 Å². The van der Waals surface area contributed by atoms with Crippen LogP contribution in [0.2, 0.25) is 0 Å². The summed E-state index contributed by atoms with van der Waals surface area (Å²) in [7, 11) is 0. The van der Waals surface area contributed by atoms with Gasteiger partial charge in [-0.25, -0.2) is 4.39 Å². The average molecular weight is 222 g/mol. The maximum atomic E-state index is 11.6. The lowest BCUT2D eigenvalue weighted by atomic mass is 10.3. The summed E-state index contributed by atoms with van der Waals surface area (Å²) in [6.07, 6.45) is 1.23. The number of ether oxygens (including phenoxy) is 3. The zero-order valence-corrected chi connectivity index (χ0v) is 9.17. The number of carbonyl (C=O) groups is 1. The molecule has 90 valence electrons. The molecule has 0 aliphatic heterocycles. The van der Waals surface area contributed by atoms with Gasteiger partial charge in [-0.3, -0.25) is 4.79 Å². The minimum absolute atomic E-state index is 0.106. The third kappa shape index (κ3) is 11.2. The van der Waals surface area contributed by atoms with Crippen molar-refractivity contribution in [3.8, 4) is 0 Å². The molecule has 0 saturated carbocycles. The molecule has 15 heavy (non-hydrogen) atoms. The fraction of sp³-hybridized carbons (Fsp3) is 0.900. The Balaban J connectivity index is 3.01. The van der Waals surface area contributed by atoms with Crippen LogP contribution in [0.3, 0.4) is 0 Å². The van der Waals surface area contributed by atoms with Crippen LogP contribution in [0.25, 0.3) is 0 Å². The highest BCUT2D eigenvalue weighted by atomic mass is 19.1. The molecule has 0 aliphatic rings. The van der Waals surface area contributed by atoms with Crippen LogP contribution in [-0.4, -0.2) is 45.7 Å². The van der Waals surface area contributed by atoms with Gasteiger partial charge in [-0.2, -0.15) is 0 Å². The fourth-order valence-corrected chi connectivity index (χ4v) is 0.867. The summed E-state index contributed by atoms with van der Waals surface area (Å²) >= 11 is 0. The molecule has 0 spiro atoms. The number of carbonyl (C=O) groups excluding carboxylic acids is 1. The molecule has 0 radical (unpaired) electrons. The first-order chi connectivity index (χ1) is 7.31. The second kappa shape index (κ2) is 11.4. The van der Waals surface area contributed by atoms with E-state index in [9.17, 15) is 9.18 Å². The highest BCUT2D eigenvalue weighted by molar-refractivity contribution is 5.69. The second-order valence-electron chi connectivity index (χ2n) is 2.88. The van der Waals surface area contributed by atoms with E-state index in [0.717, 1.165) is 6.42 Å². The van der Waals surface area contributed by atoms with Gasteiger partial charge in [-0.1, -0.05) is 6.92 Å². The van der Waals surface area contributed by atoms with Crippen molar-refractivity contribution >= 4 is 5.97 Å². The van der Waals surface area contributed by atoms with Crippen molar-refractivity contribution in [2.24, 2.45) is 0 Å². The Labute approximate surface area is 89.7 Å². The van der Waals surface area contributed by atoms with Gasteiger partial charge in [0.25, 0.3) is 0 Å². The Hall–Kier alpha value is -0.680. The van der Waals surface area contributed by atoms with E-state index in [2.05, 4.69) is 0 Å². The average Bonchev–Trinajstić information content (AvgIpc) is 2.22. The zero-order valence-electron chi connectivity index (χ0n) is 9.17. The minimum atomic E-state index is -0.478. The van der Waals surface area contributed by atoms with Crippen molar-refractivity contribution in [2.45, 2.75) is 19.8 Å². The first-order valence-corrected chi connectivity index (χ1v) is 5.18. The molecule has 0 bridgehead atoms. The molecule has 0 aromatic heterocycles. The molecule has 0 heterocycles. The van der Waals surface area contributed by atoms with E-state index >= 15 is 0 Å². The number of halogens is 1. The van der Waals surface area contributed by atoms with E-state index in [1.54, 1.807) is 0 Å². The molecule has 0 fully saturated rings. The zero-order chi connectivity index (χ0) is 11.4. The molecule has 4 nitrogen and oxygen atoms in total. The van der Waals surface area contributed by atoms with Gasteiger partial charge in [0.1, 0.15) is 13.3 Å². The van der Waals surface area contributed by atoms with Crippen LogP contribution >= 0.6 is 0 Å². The summed E-state index contributed by atoms with van der Waals surface area (Å²) in [6.45, 7) is 2.93. The number of hydrogen-bond acceptors (Lipinski definition) is 4. The first-order valence-electron chi connectivity index (χ1n) is 5.18. The Morgan fingerprint density at radius 2 is 1.67 bits per heavy atom. The van der Waals surface area contributed by atoms with E-state index in [-0.39, 0.29) is 19.2 Å². The molecule has 0 amide bonds. The summed E-state index contributed by atoms with van der Waals surface area (Å²) in [5, 5.41) is 0. The van der Waals surface area contributed by atoms with Crippen molar-refractivity contribution in [2.75, 3.05) is 39.7 Å². The second-order valence-corrected chi connectivity index (χ2v) is 2.88. The molecule has 0 saturated heterocycles. The highest BCUT2D eigenvalue weighted by Gasteiger charge is 1.99. The van der Waals surface area contributed by atoms with Gasteiger partial charge in [0, 0.05) is 6.42 Å². The predicted molar refractivity (Wildman–Crippen MR) is 53.5 cm³/mol. The molecular formula is C10H19FO4. The van der Waals surface area contributed by atoms with Gasteiger partial charge in [-0.05, 0) is 6.42 Å². The molecule has 0 aliphatic carbocycles. The summed E-state index contributed by atoms with van der Waals surface area (Å²) < 4.78 is 26.3. The van der Waals surface area contributed by atoms with Crippen molar-refractivity contribution in [3.63, 3.8) is 0 Å². The maximum absolute atomic E-state index is 11.6. The highest BCUT2D eigenvalue weighted by Crippen LogP contribution is 1.90. The van der Waals surface area contributed by atoms with Crippen LogP contribution in [0.1, 0.15) is 19.8 Å². The molecule has 0 aromatic rings. The standard InChI is InChI=1S/C10H19FO4/c1-2-3-10(12)15-9-8-14-7-6-13-5-4-11/h2-9H2,1H3. The Morgan fingerprint density at radius 1 is 1.07 bits per heavy atom. The molecule has 0 rings (SSSR count). The van der Waals surface area contributed by atoms with Crippen molar-refractivity contribution in [3.05, 3.63) is 0 Å². The van der Waals surface area contributed by atoms with Crippen molar-refractivity contribution in [1.29, 1.82) is 0 Å². The monoisotopic (exact) mass is 222 g/mol. The van der Waals surface area contributed by atoms with Gasteiger partial charge < -0.3 is 14.2 Å². The number of esters is 1. The van der Waals surface area contributed by atoms with Gasteiger partial charge >= 0.3 is 5.97 Å². The lowest BCUT2D eigenvalue weighted by Gasteiger charge is -2.05. The van der Waals surface area contributed by atoms with Crippen LogP contribution in [-0.2, 0) is 19.0 Å². The van der Waals surface area contributed by atoms with Gasteiger partial charge in [0.2, 0.25) is 0 Å². The SMILES string of the molecule is CCCC(=O)OCCOCCOCCF. The largest absolute Gasteiger partial charge is 0.463 e. The Bertz CT molecular complexity index is 152. The van der Waals surface area contributed by atoms with Gasteiger partial charge in [-0.15, -0.1) is 0 Å². The lowest BCUT2D eigenvalue weighted by molar-refractivity contribution is -0.145. The molecule has 5 heteroatoms. The molecule has 0 aromatic carbocycles. The minimum Gasteiger partial charge on any atom is -0.463 e. The summed E-state index contributed by atoms with van der Waals surface area (Å²) in [6, 6.07) is 0. The van der Waals surface area contributed by atoms with Crippen LogP contribution < -0.4 is 0 Å². The van der Waals surface area contributed by atoms with Gasteiger partial charge in [0.05, 0.1) is 26.4 Å². The van der Waals surface area contributed by atoms with Crippen LogP contribution in [0.5, 0.6) is 0 Å². The summed E-state index contributed by atoms with van der Waals surface area (Å²) in [4.78, 5) is 10.9. The normalized spacial score (nSPS) is 10.3. The van der Waals surface area contributed by atoms with E-state index in [1.165, 1.54) is 0 Å². The number of hydrogen-bond donors (Lipinski definition) is 0. The quantitative estimate of drug-likeness (QED) is 0.413. The smallest absolute Gasteiger partial charge is 0.305 e. The molecule has 0 N–H and O–H groups in total. The number of alkyl halides is 1. The molecular weight excluding hydrogens is 203 g/mol. The van der Waals surface area contributed by atoms with Crippen molar-refractivity contribution < 1.29 is 23.4 Å². The Kier molecular flexibility index (Phi) is 10.9. The summed E-state index contributed by atoms with van der Waals surface area (Å²) in [5.74, 6) is -0.199. The van der Waals surface area contributed by atoms with Gasteiger partial charge in [0.15, 0.2) is 0 Å². The van der Waals surface area contributed by atoms with Crippen LogP contribution in [0.4, 0.5) is 4.39 Å². The third-order valence-electron chi connectivity index (χ3n) is 1.54. The molecule has 0 atom stereocenters. The maximum Gasteiger partial charge on any atom is 0.305 e. The Morgan fingerprint density at radius 3 is 2.27 bits per heavy atom. The predicted octanol–water partition coefficient (Wildman–Crippen LogP) is 1.33. The third-order valence-corrected chi connectivity index (χ3v) is 1.54. The van der Waals surface area contributed by atoms with Crippen LogP contribution in [0.15, 0.2) is 0 Å². The van der Waals surface area contributed by atoms with Crippen molar-refractivity contribution in [1.82, 2.24) is 0 Å². The first kappa shape index (κ1) is 14.3. The lowest BCUT2D eigenvalue weighted by Crippen LogP contribution is -2.12. The van der Waals surface area contributed by atoms with E-state index < -0.39 is 6.67 Å². The van der Waals surface area contributed by atoms with E-state index in [4.69, 9.17) is 14.2 Å². The molecule has 0 unspecified atom stereocenters. The summed E-state index contributed by atoms with van der Waals surface area (Å²) in [5.41, 5.74) is 0. The fourth-order valence-electron chi connectivity index (χ4n) is 0.867.